The van der Waals surface area contributed by atoms with Gasteiger partial charge in [0.25, 0.3) is 0 Å². The molecule has 0 aliphatic carbocycles. The van der Waals surface area contributed by atoms with E-state index in [2.05, 4.69) is 0 Å². The number of benzene rings is 1. The van der Waals surface area contributed by atoms with Crippen LogP contribution in [0, 0.1) is 18.3 Å². The third-order valence-corrected chi connectivity index (χ3v) is 3.79. The van der Waals surface area contributed by atoms with Crippen LogP contribution in [0.4, 0.5) is 0 Å². The first-order chi connectivity index (χ1) is 6.51. The molecule has 0 bridgehead atoms. The van der Waals surface area contributed by atoms with E-state index in [1.807, 2.05) is 6.07 Å². The largest absolute Gasteiger partial charge is 0.224 e. The van der Waals surface area contributed by atoms with Crippen molar-refractivity contribution in [3.8, 4) is 6.07 Å². The number of rotatable bonds is 2. The summed E-state index contributed by atoms with van der Waals surface area (Å²) < 4.78 is 22.9. The monoisotopic (exact) mass is 209 g/mol. The molecular formula is C10H11NO2S. The third kappa shape index (κ3) is 1.94. The summed E-state index contributed by atoms with van der Waals surface area (Å²) in [5.41, 5.74) is 1.21. The van der Waals surface area contributed by atoms with Gasteiger partial charge in [-0.3, -0.25) is 0 Å². The van der Waals surface area contributed by atoms with Gasteiger partial charge < -0.3 is 0 Å². The van der Waals surface area contributed by atoms with E-state index in [1.165, 1.54) is 18.2 Å². The summed E-state index contributed by atoms with van der Waals surface area (Å²) in [6.07, 6.45) is 0. The number of hydrogen-bond donors (Lipinski definition) is 0. The van der Waals surface area contributed by atoms with E-state index in [-0.39, 0.29) is 10.6 Å². The van der Waals surface area contributed by atoms with Gasteiger partial charge in [-0.05, 0) is 30.7 Å². The van der Waals surface area contributed by atoms with Crippen molar-refractivity contribution in [3.05, 3.63) is 29.3 Å². The molecule has 0 saturated carbocycles. The van der Waals surface area contributed by atoms with Crippen molar-refractivity contribution in [2.24, 2.45) is 0 Å². The number of aryl methyl sites for hydroxylation is 1. The fourth-order valence-corrected chi connectivity index (χ4v) is 2.09. The molecule has 1 rings (SSSR count). The zero-order valence-corrected chi connectivity index (χ0v) is 8.93. The minimum Gasteiger partial charge on any atom is -0.224 e. The minimum atomic E-state index is -3.16. The molecule has 3 nitrogen and oxygen atoms in total. The number of hydrogen-bond acceptors (Lipinski definition) is 3. The molecule has 0 aliphatic rings. The molecule has 0 N–H and O–H groups in total. The van der Waals surface area contributed by atoms with Crippen molar-refractivity contribution in [1.82, 2.24) is 0 Å². The van der Waals surface area contributed by atoms with Gasteiger partial charge in [0.2, 0.25) is 0 Å². The quantitative estimate of drug-likeness (QED) is 0.744. The highest BCUT2D eigenvalue weighted by molar-refractivity contribution is 7.91. The Bertz CT molecular complexity index is 483. The highest BCUT2D eigenvalue weighted by atomic mass is 32.2. The Kier molecular flexibility index (Phi) is 2.92. The van der Waals surface area contributed by atoms with Crippen molar-refractivity contribution < 1.29 is 8.42 Å². The Morgan fingerprint density at radius 2 is 2.07 bits per heavy atom. The second kappa shape index (κ2) is 3.81. The Hall–Kier alpha value is -1.34. The second-order valence-corrected chi connectivity index (χ2v) is 5.27. The molecule has 1 aromatic rings. The van der Waals surface area contributed by atoms with Crippen molar-refractivity contribution in [3.63, 3.8) is 0 Å². The van der Waals surface area contributed by atoms with Gasteiger partial charge in [0.15, 0.2) is 9.84 Å². The van der Waals surface area contributed by atoms with E-state index in [9.17, 15) is 8.42 Å². The second-order valence-electron chi connectivity index (χ2n) is 2.99. The summed E-state index contributed by atoms with van der Waals surface area (Å²) in [4.78, 5) is 0.288. The Morgan fingerprint density at radius 3 is 2.50 bits per heavy atom. The van der Waals surface area contributed by atoms with E-state index in [4.69, 9.17) is 5.26 Å². The molecule has 1 aromatic carbocycles. The SMILES string of the molecule is CCS(=O)(=O)c1ccc(C#N)c(C)c1. The van der Waals surface area contributed by atoms with Crippen LogP contribution in [0.1, 0.15) is 18.1 Å². The van der Waals surface area contributed by atoms with Gasteiger partial charge in [0.05, 0.1) is 22.3 Å². The highest BCUT2D eigenvalue weighted by Crippen LogP contribution is 2.15. The maximum absolute atomic E-state index is 11.5. The molecule has 14 heavy (non-hydrogen) atoms. The maximum atomic E-state index is 11.5. The fraction of sp³-hybridized carbons (Fsp3) is 0.300. The lowest BCUT2D eigenvalue weighted by molar-refractivity contribution is 0.597. The van der Waals surface area contributed by atoms with E-state index in [0.717, 1.165) is 0 Å². The van der Waals surface area contributed by atoms with Crippen molar-refractivity contribution in [1.29, 1.82) is 5.26 Å². The molecule has 0 spiro atoms. The average molecular weight is 209 g/mol. The average Bonchev–Trinajstić information content (AvgIpc) is 2.17. The number of sulfone groups is 1. The maximum Gasteiger partial charge on any atom is 0.178 e. The van der Waals surface area contributed by atoms with Crippen LogP contribution in [0.25, 0.3) is 0 Å². The van der Waals surface area contributed by atoms with Gasteiger partial charge in [-0.25, -0.2) is 8.42 Å². The molecule has 0 aromatic heterocycles. The third-order valence-electron chi connectivity index (χ3n) is 2.06. The zero-order valence-electron chi connectivity index (χ0n) is 8.11. The number of nitriles is 1. The zero-order chi connectivity index (χ0) is 10.8. The van der Waals surface area contributed by atoms with Crippen molar-refractivity contribution >= 4 is 9.84 Å². The smallest absolute Gasteiger partial charge is 0.178 e. The lowest BCUT2D eigenvalue weighted by atomic mass is 10.1. The molecule has 0 unspecified atom stereocenters. The van der Waals surface area contributed by atoms with Gasteiger partial charge in [0.1, 0.15) is 0 Å². The van der Waals surface area contributed by atoms with Crippen molar-refractivity contribution in [2.45, 2.75) is 18.7 Å². The highest BCUT2D eigenvalue weighted by Gasteiger charge is 2.12. The van der Waals surface area contributed by atoms with Crippen LogP contribution >= 0.6 is 0 Å². The van der Waals surface area contributed by atoms with E-state index >= 15 is 0 Å². The van der Waals surface area contributed by atoms with Crippen LogP contribution in [0.3, 0.4) is 0 Å². The molecule has 74 valence electrons. The lowest BCUT2D eigenvalue weighted by Gasteiger charge is -2.03. The Labute approximate surface area is 83.9 Å². The molecule has 0 saturated heterocycles. The standard InChI is InChI=1S/C10H11NO2S/c1-3-14(12,13)10-5-4-9(7-11)8(2)6-10/h4-6H,3H2,1-2H3. The fourth-order valence-electron chi connectivity index (χ4n) is 1.12. The van der Waals surface area contributed by atoms with Gasteiger partial charge in [0, 0.05) is 0 Å². The van der Waals surface area contributed by atoms with E-state index < -0.39 is 9.84 Å². The summed E-state index contributed by atoms with van der Waals surface area (Å²) in [6, 6.07) is 6.55. The van der Waals surface area contributed by atoms with E-state index in [0.29, 0.717) is 11.1 Å². The van der Waals surface area contributed by atoms with Gasteiger partial charge >= 0.3 is 0 Å². The van der Waals surface area contributed by atoms with Gasteiger partial charge in [-0.1, -0.05) is 6.92 Å². The van der Waals surface area contributed by atoms with Crippen LogP contribution in [0.15, 0.2) is 23.1 Å². The first kappa shape index (κ1) is 10.7. The lowest BCUT2D eigenvalue weighted by Crippen LogP contribution is -2.04. The molecular weight excluding hydrogens is 198 g/mol. The van der Waals surface area contributed by atoms with Gasteiger partial charge in [-0.2, -0.15) is 5.26 Å². The first-order valence-electron chi connectivity index (χ1n) is 4.24. The molecule has 0 radical (unpaired) electrons. The molecule has 0 atom stereocenters. The predicted molar refractivity (Wildman–Crippen MR) is 53.6 cm³/mol. The van der Waals surface area contributed by atoms with Crippen LogP contribution in [0.2, 0.25) is 0 Å². The summed E-state index contributed by atoms with van der Waals surface area (Å²) in [5, 5.41) is 8.67. The topological polar surface area (TPSA) is 57.9 Å². The van der Waals surface area contributed by atoms with Crippen LogP contribution in [0.5, 0.6) is 0 Å². The van der Waals surface area contributed by atoms with E-state index in [1.54, 1.807) is 13.8 Å². The first-order valence-corrected chi connectivity index (χ1v) is 5.90. The predicted octanol–water partition coefficient (Wildman–Crippen LogP) is 1.66. The van der Waals surface area contributed by atoms with Crippen LogP contribution in [-0.2, 0) is 9.84 Å². The van der Waals surface area contributed by atoms with Gasteiger partial charge in [-0.15, -0.1) is 0 Å². The summed E-state index contributed by atoms with van der Waals surface area (Å²) in [7, 11) is -3.16. The van der Waals surface area contributed by atoms with Crippen molar-refractivity contribution in [2.75, 3.05) is 5.75 Å². The molecule has 0 aliphatic heterocycles. The Morgan fingerprint density at radius 1 is 1.43 bits per heavy atom. The Balaban J connectivity index is 3.31. The molecule has 0 heterocycles. The van der Waals surface area contributed by atoms with Crippen LogP contribution < -0.4 is 0 Å². The minimum absolute atomic E-state index is 0.0817. The number of nitrogens with zero attached hydrogens (tertiary/aromatic N) is 1. The molecule has 4 heteroatoms. The van der Waals surface area contributed by atoms with Crippen LogP contribution in [-0.4, -0.2) is 14.2 Å². The summed E-state index contributed by atoms with van der Waals surface area (Å²) in [5.74, 6) is 0.0817. The summed E-state index contributed by atoms with van der Waals surface area (Å²) in [6.45, 7) is 3.33. The summed E-state index contributed by atoms with van der Waals surface area (Å²) >= 11 is 0. The molecule has 0 fully saturated rings. The molecule has 0 amide bonds. The normalized spacial score (nSPS) is 10.9.